The van der Waals surface area contributed by atoms with Crippen molar-refractivity contribution in [2.75, 3.05) is 20.1 Å². The predicted molar refractivity (Wildman–Crippen MR) is 83.1 cm³/mol. The zero-order valence-corrected chi connectivity index (χ0v) is 13.8. The van der Waals surface area contributed by atoms with Gasteiger partial charge in [0.05, 0.1) is 6.07 Å². The van der Waals surface area contributed by atoms with Gasteiger partial charge in [0.1, 0.15) is 5.54 Å². The van der Waals surface area contributed by atoms with E-state index in [1.54, 1.807) is 0 Å². The summed E-state index contributed by atoms with van der Waals surface area (Å²) in [6.07, 6.45) is 4.45. The summed E-state index contributed by atoms with van der Waals surface area (Å²) in [6.45, 7) is 13.1. The number of unbranched alkanes of at least 4 members (excludes halogenated alkanes) is 1. The van der Waals surface area contributed by atoms with Crippen LogP contribution in [0.3, 0.4) is 0 Å². The third kappa shape index (κ3) is 9.02. The van der Waals surface area contributed by atoms with E-state index in [0.717, 1.165) is 25.3 Å². The number of nitriles is 1. The number of hydrogen-bond acceptors (Lipinski definition) is 3. The molecule has 1 N–H and O–H groups in total. The highest BCUT2D eigenvalue weighted by Crippen LogP contribution is 2.14. The first-order valence-corrected chi connectivity index (χ1v) is 7.70. The van der Waals surface area contributed by atoms with Crippen molar-refractivity contribution < 1.29 is 0 Å². The van der Waals surface area contributed by atoms with E-state index in [1.165, 1.54) is 19.4 Å². The molecule has 0 aliphatic carbocycles. The van der Waals surface area contributed by atoms with Gasteiger partial charge in [-0.1, -0.05) is 20.3 Å². The lowest BCUT2D eigenvalue weighted by molar-refractivity contribution is 0.270. The van der Waals surface area contributed by atoms with Crippen LogP contribution < -0.4 is 5.32 Å². The quantitative estimate of drug-likeness (QED) is 0.616. The van der Waals surface area contributed by atoms with Crippen molar-refractivity contribution >= 4 is 0 Å². The van der Waals surface area contributed by atoms with Gasteiger partial charge < -0.3 is 4.90 Å². The van der Waals surface area contributed by atoms with E-state index in [0.29, 0.717) is 6.04 Å². The molecule has 3 heteroatoms. The number of nitrogens with one attached hydrogen (secondary N) is 1. The molecule has 0 saturated heterocycles. The van der Waals surface area contributed by atoms with Crippen molar-refractivity contribution in [3.63, 3.8) is 0 Å². The molecule has 0 radical (unpaired) electrons. The van der Waals surface area contributed by atoms with E-state index in [2.05, 4.69) is 51.0 Å². The van der Waals surface area contributed by atoms with Gasteiger partial charge in [-0.05, 0) is 59.5 Å². The minimum Gasteiger partial charge on any atom is -0.306 e. The van der Waals surface area contributed by atoms with Gasteiger partial charge in [0, 0.05) is 12.6 Å². The number of rotatable bonds is 10. The monoisotopic (exact) mass is 267 g/mol. The molecule has 0 aliphatic rings. The second-order valence-electron chi connectivity index (χ2n) is 6.48. The molecule has 0 fully saturated rings. The average molecular weight is 267 g/mol. The summed E-state index contributed by atoms with van der Waals surface area (Å²) in [5.74, 6) is 0.775. The highest BCUT2D eigenvalue weighted by molar-refractivity contribution is 5.04. The zero-order valence-electron chi connectivity index (χ0n) is 13.8. The lowest BCUT2D eigenvalue weighted by atomic mass is 9.95. The molecule has 0 amide bonds. The van der Waals surface area contributed by atoms with Crippen LogP contribution in [0.4, 0.5) is 0 Å². The van der Waals surface area contributed by atoms with Crippen molar-refractivity contribution in [2.45, 2.75) is 71.9 Å². The second-order valence-corrected chi connectivity index (χ2v) is 6.48. The van der Waals surface area contributed by atoms with Crippen molar-refractivity contribution in [2.24, 2.45) is 5.92 Å². The van der Waals surface area contributed by atoms with E-state index in [4.69, 9.17) is 0 Å². The SMILES string of the molecule is CCC(C)CN(C)CCCCC(C)(C#N)NC(C)C. The molecule has 2 atom stereocenters. The summed E-state index contributed by atoms with van der Waals surface area (Å²) in [4.78, 5) is 2.41. The molecular weight excluding hydrogens is 234 g/mol. The number of nitrogens with zero attached hydrogens (tertiary/aromatic N) is 2. The van der Waals surface area contributed by atoms with Gasteiger partial charge in [-0.15, -0.1) is 0 Å². The van der Waals surface area contributed by atoms with Gasteiger partial charge in [0.2, 0.25) is 0 Å². The van der Waals surface area contributed by atoms with E-state index in [9.17, 15) is 5.26 Å². The lowest BCUT2D eigenvalue weighted by Gasteiger charge is -2.26. The lowest BCUT2D eigenvalue weighted by Crippen LogP contribution is -2.44. The maximum Gasteiger partial charge on any atom is 0.104 e. The molecule has 0 aromatic rings. The molecule has 0 aliphatic heterocycles. The van der Waals surface area contributed by atoms with Crippen LogP contribution in [-0.4, -0.2) is 36.6 Å². The van der Waals surface area contributed by atoms with Gasteiger partial charge in [0.25, 0.3) is 0 Å². The third-order valence-corrected chi connectivity index (χ3v) is 3.64. The molecule has 0 aromatic heterocycles. The topological polar surface area (TPSA) is 39.1 Å². The minimum atomic E-state index is -0.372. The Kier molecular flexibility index (Phi) is 9.05. The smallest absolute Gasteiger partial charge is 0.104 e. The average Bonchev–Trinajstić information content (AvgIpc) is 2.33. The summed E-state index contributed by atoms with van der Waals surface area (Å²) >= 11 is 0. The van der Waals surface area contributed by atoms with Gasteiger partial charge in [-0.3, -0.25) is 5.32 Å². The van der Waals surface area contributed by atoms with Crippen LogP contribution in [-0.2, 0) is 0 Å². The van der Waals surface area contributed by atoms with Gasteiger partial charge in [-0.25, -0.2) is 0 Å². The Bertz CT molecular complexity index is 270. The Labute approximate surface area is 120 Å². The zero-order chi connectivity index (χ0) is 14.9. The Morgan fingerprint density at radius 2 is 1.89 bits per heavy atom. The molecule has 112 valence electrons. The molecule has 19 heavy (non-hydrogen) atoms. The molecule has 0 heterocycles. The molecule has 0 aromatic carbocycles. The van der Waals surface area contributed by atoms with Crippen LogP contribution >= 0.6 is 0 Å². The predicted octanol–water partition coefficient (Wildman–Crippen LogP) is 3.41. The van der Waals surface area contributed by atoms with Crippen LogP contribution in [0.25, 0.3) is 0 Å². The summed E-state index contributed by atoms with van der Waals surface area (Å²) < 4.78 is 0. The fraction of sp³-hybridized carbons (Fsp3) is 0.938. The molecule has 0 rings (SSSR count). The number of hydrogen-bond donors (Lipinski definition) is 1. The first-order chi connectivity index (χ1) is 8.83. The van der Waals surface area contributed by atoms with Gasteiger partial charge in [-0.2, -0.15) is 5.26 Å². The molecule has 0 spiro atoms. The Hall–Kier alpha value is -0.590. The van der Waals surface area contributed by atoms with Crippen LogP contribution in [0.1, 0.15) is 60.3 Å². The maximum absolute atomic E-state index is 9.27. The molecule has 0 bridgehead atoms. The fourth-order valence-electron chi connectivity index (χ4n) is 2.41. The molecule has 0 saturated carbocycles. The minimum absolute atomic E-state index is 0.359. The maximum atomic E-state index is 9.27. The van der Waals surface area contributed by atoms with Crippen molar-refractivity contribution in [3.05, 3.63) is 0 Å². The van der Waals surface area contributed by atoms with Gasteiger partial charge in [0.15, 0.2) is 0 Å². The first-order valence-electron chi connectivity index (χ1n) is 7.70. The van der Waals surface area contributed by atoms with Crippen LogP contribution in [0.15, 0.2) is 0 Å². The van der Waals surface area contributed by atoms with E-state index in [1.807, 2.05) is 6.92 Å². The summed E-state index contributed by atoms with van der Waals surface area (Å²) in [5, 5.41) is 12.6. The highest BCUT2D eigenvalue weighted by atomic mass is 15.1. The van der Waals surface area contributed by atoms with E-state index < -0.39 is 0 Å². The third-order valence-electron chi connectivity index (χ3n) is 3.64. The Balaban J connectivity index is 3.87. The first kappa shape index (κ1) is 18.4. The summed E-state index contributed by atoms with van der Waals surface area (Å²) in [6, 6.07) is 2.77. The fourth-order valence-corrected chi connectivity index (χ4v) is 2.41. The largest absolute Gasteiger partial charge is 0.306 e. The van der Waals surface area contributed by atoms with E-state index >= 15 is 0 Å². The molecule has 2 unspecified atom stereocenters. The van der Waals surface area contributed by atoms with Crippen molar-refractivity contribution in [1.29, 1.82) is 5.26 Å². The summed E-state index contributed by atoms with van der Waals surface area (Å²) in [5.41, 5.74) is -0.372. The van der Waals surface area contributed by atoms with E-state index in [-0.39, 0.29) is 5.54 Å². The van der Waals surface area contributed by atoms with Crippen molar-refractivity contribution in [3.8, 4) is 6.07 Å². The Morgan fingerprint density at radius 3 is 2.37 bits per heavy atom. The van der Waals surface area contributed by atoms with Crippen LogP contribution in [0.2, 0.25) is 0 Å². The van der Waals surface area contributed by atoms with Crippen molar-refractivity contribution in [1.82, 2.24) is 10.2 Å². The normalized spacial score (nSPS) is 16.4. The highest BCUT2D eigenvalue weighted by Gasteiger charge is 2.23. The summed E-state index contributed by atoms with van der Waals surface area (Å²) in [7, 11) is 2.20. The second kappa shape index (κ2) is 9.34. The molecular formula is C16H33N3. The standard InChI is InChI=1S/C16H33N3/c1-7-15(4)12-19(6)11-9-8-10-16(5,13-17)18-14(2)3/h14-15,18H,7-12H2,1-6H3. The molecule has 3 nitrogen and oxygen atoms in total. The Morgan fingerprint density at radius 1 is 1.26 bits per heavy atom. The van der Waals surface area contributed by atoms with Crippen LogP contribution in [0.5, 0.6) is 0 Å². The van der Waals surface area contributed by atoms with Crippen LogP contribution in [0, 0.1) is 17.2 Å². The van der Waals surface area contributed by atoms with Gasteiger partial charge >= 0.3 is 0 Å².